The zero-order valence-corrected chi connectivity index (χ0v) is 58.8. The van der Waals surface area contributed by atoms with E-state index in [2.05, 4.69) is 194 Å². The highest BCUT2D eigenvalue weighted by Gasteiger charge is 2.44. The minimum atomic E-state index is 0.00352. The van der Waals surface area contributed by atoms with Crippen molar-refractivity contribution >= 4 is 68.2 Å². The molecule has 0 fully saturated rings. The average molecular weight is 1260 g/mol. The highest BCUT2D eigenvalue weighted by molar-refractivity contribution is 7.58. The standard InChI is InChI=1S/C76H102N8S4/c1-81(2,3)49-29-17-13-25-45-75(46-26-14-18-30-50-82(4,5)6)61-35-23-21-33-57(61)59-39-37-55(53-63(59)75)65-41-43-67(85-65)69-71-73(79-87-77-71)70(74-72(69)78-88-80-74)68-44-42-66(86-68)56-38-40-60-58-34-22-24-36-62(58)76(64(60)54-56,47-27-15-19-31-51-83(7,8)9)48-28-16-20-32-52-84(10,11)12/h21-24,33-44,53-54H,13-20,25-32,45-52H2,1-12H3/q+4. The number of fused-ring (bicyclic) bond motifs is 8. The molecule has 5 aromatic carbocycles. The Hall–Kier alpha value is -5.02. The number of benzene rings is 5. The molecule has 0 radical (unpaired) electrons. The van der Waals surface area contributed by atoms with E-state index < -0.39 is 0 Å². The van der Waals surface area contributed by atoms with Gasteiger partial charge in [-0.25, -0.2) is 0 Å². The molecule has 0 N–H and O–H groups in total. The van der Waals surface area contributed by atoms with Crippen LogP contribution in [0, 0.1) is 0 Å². The first-order chi connectivity index (χ1) is 42.1. The number of rotatable bonds is 32. The molecule has 8 nitrogen and oxygen atoms in total. The summed E-state index contributed by atoms with van der Waals surface area (Å²) in [6.07, 6.45) is 25.2. The maximum absolute atomic E-state index is 5.12. The molecule has 8 aromatic rings. The molecular weight excluding hydrogens is 1150 g/mol. The molecule has 0 amide bonds. The maximum Gasteiger partial charge on any atom is 0.116 e. The zero-order valence-electron chi connectivity index (χ0n) is 55.6. The topological polar surface area (TPSA) is 50.5 Å². The molecule has 0 saturated heterocycles. The highest BCUT2D eigenvalue weighted by Crippen LogP contribution is 2.59. The molecule has 88 heavy (non-hydrogen) atoms. The van der Waals surface area contributed by atoms with Gasteiger partial charge in [0.25, 0.3) is 0 Å². The van der Waals surface area contributed by atoms with Crippen LogP contribution < -0.4 is 0 Å². The Kier molecular flexibility index (Phi) is 19.8. The molecule has 2 aliphatic carbocycles. The van der Waals surface area contributed by atoms with Crippen molar-refractivity contribution in [1.29, 1.82) is 0 Å². The second-order valence-electron chi connectivity index (χ2n) is 30.5. The van der Waals surface area contributed by atoms with Crippen LogP contribution in [-0.2, 0) is 22.2 Å². The fourth-order valence-electron chi connectivity index (χ4n) is 15.0. The van der Waals surface area contributed by atoms with Crippen LogP contribution in [-0.4, -0.2) is 137 Å². The molecule has 0 saturated carbocycles. The second kappa shape index (κ2) is 27.0. The van der Waals surface area contributed by atoms with Crippen molar-refractivity contribution in [3.05, 3.63) is 131 Å². The van der Waals surface area contributed by atoms with Crippen LogP contribution in [0.2, 0.25) is 0 Å². The largest absolute Gasteiger partial charge is 0.331 e. The van der Waals surface area contributed by atoms with Gasteiger partial charge >= 0.3 is 0 Å². The second-order valence-corrected chi connectivity index (χ2v) is 33.7. The summed E-state index contributed by atoms with van der Waals surface area (Å²) >= 11 is 6.33. The summed E-state index contributed by atoms with van der Waals surface area (Å²) in [5.74, 6) is 0. The number of hydrogen-bond acceptors (Lipinski definition) is 7. The van der Waals surface area contributed by atoms with Crippen molar-refractivity contribution in [2.45, 2.75) is 139 Å². The Morgan fingerprint density at radius 1 is 0.330 bits per heavy atom. The first-order valence-electron chi connectivity index (χ1n) is 33.4. The molecule has 12 heteroatoms. The summed E-state index contributed by atoms with van der Waals surface area (Å²) in [6.45, 7) is 4.92. The van der Waals surface area contributed by atoms with Gasteiger partial charge in [-0.1, -0.05) is 124 Å². The lowest BCUT2D eigenvalue weighted by atomic mass is 9.70. The van der Waals surface area contributed by atoms with E-state index in [4.69, 9.17) is 17.5 Å². The van der Waals surface area contributed by atoms with Crippen LogP contribution in [0.1, 0.15) is 151 Å². The number of hydrogen-bond donors (Lipinski definition) is 0. The van der Waals surface area contributed by atoms with E-state index in [9.17, 15) is 0 Å². The molecule has 0 atom stereocenters. The molecule has 4 heterocycles. The lowest BCUT2D eigenvalue weighted by Crippen LogP contribution is -2.35. The normalized spacial score (nSPS) is 14.8. The fraction of sp³-hybridized carbons (Fsp3) is 0.500. The highest BCUT2D eigenvalue weighted by atomic mass is 32.1. The molecule has 3 aromatic heterocycles. The number of aromatic nitrogens is 2. The van der Waals surface area contributed by atoms with Gasteiger partial charge in [0, 0.05) is 41.5 Å². The van der Waals surface area contributed by atoms with Crippen LogP contribution in [0.3, 0.4) is 0 Å². The zero-order chi connectivity index (χ0) is 61.9. The van der Waals surface area contributed by atoms with Gasteiger partial charge in [-0.05, 0) is 169 Å². The van der Waals surface area contributed by atoms with Crippen molar-refractivity contribution in [3.63, 3.8) is 0 Å². The molecule has 0 spiro atoms. The third-order valence-electron chi connectivity index (χ3n) is 19.5. The molecule has 0 bridgehead atoms. The third-order valence-corrected chi connectivity index (χ3v) is 22.8. The number of thiophene rings is 2. The van der Waals surface area contributed by atoms with Crippen molar-refractivity contribution < 1.29 is 17.9 Å². The summed E-state index contributed by atoms with van der Waals surface area (Å²) in [7, 11) is 27.9. The molecule has 1 aliphatic heterocycles. The Balaban J connectivity index is 0.887. The van der Waals surface area contributed by atoms with Gasteiger partial charge in [-0.2, -0.15) is 17.5 Å². The van der Waals surface area contributed by atoms with Gasteiger partial charge in [-0.3, -0.25) is 0 Å². The van der Waals surface area contributed by atoms with Crippen LogP contribution in [0.4, 0.5) is 11.4 Å². The first kappa shape index (κ1) is 64.5. The summed E-state index contributed by atoms with van der Waals surface area (Å²) in [5.41, 5.74) is 20.3. The molecular formula is C76H102N8S4+4. The van der Waals surface area contributed by atoms with Crippen molar-refractivity contribution in [1.82, 2.24) is 8.75 Å². The van der Waals surface area contributed by atoms with Crippen molar-refractivity contribution in [2.75, 3.05) is 111 Å². The van der Waals surface area contributed by atoms with Crippen LogP contribution in [0.15, 0.2) is 118 Å². The molecule has 11 rings (SSSR count). The predicted octanol–water partition coefficient (Wildman–Crippen LogP) is 20.4. The molecule has 0 unspecified atom stereocenters. The minimum absolute atomic E-state index is 0.00352. The lowest BCUT2D eigenvalue weighted by Gasteiger charge is -2.33. The van der Waals surface area contributed by atoms with Crippen LogP contribution in [0.5, 0.6) is 0 Å². The summed E-state index contributed by atoms with van der Waals surface area (Å²) in [6, 6.07) is 43.0. The van der Waals surface area contributed by atoms with Gasteiger partial charge in [0.2, 0.25) is 0 Å². The molecule has 3 aliphatic rings. The van der Waals surface area contributed by atoms with Gasteiger partial charge < -0.3 is 17.9 Å². The first-order valence-corrected chi connectivity index (χ1v) is 36.5. The SMILES string of the molecule is C[N+](C)(C)CCCCCCC1(CCCCCC[N+](C)(C)C)c2ccccc2-c2ccc(-c3ccc(-c4c5c(c(-c6ccc(-c7ccc8c(c7)C(CCCCCC[N+](C)(C)C)(CCCCCC[N+](C)(C)C)c7ccccc7-8)s6)c6nsnc46)N=S=N5)s3)cc21. The summed E-state index contributed by atoms with van der Waals surface area (Å²) < 4.78 is 24.6. The van der Waals surface area contributed by atoms with Crippen molar-refractivity contribution in [3.8, 4) is 64.0 Å². The van der Waals surface area contributed by atoms with Gasteiger partial charge in [0.1, 0.15) is 22.4 Å². The number of unbranched alkanes of at least 4 members (excludes halogenated alkanes) is 12. The summed E-state index contributed by atoms with van der Waals surface area (Å²) in [4.78, 5) is 4.88. The lowest BCUT2D eigenvalue weighted by molar-refractivity contribution is -0.870. The Morgan fingerprint density at radius 3 is 1.00 bits per heavy atom. The van der Waals surface area contributed by atoms with Gasteiger partial charge in [0.05, 0.1) is 134 Å². The van der Waals surface area contributed by atoms with Crippen molar-refractivity contribution in [2.24, 2.45) is 8.73 Å². The van der Waals surface area contributed by atoms with Gasteiger partial charge in [-0.15, -0.1) is 22.7 Å². The summed E-state index contributed by atoms with van der Waals surface area (Å²) in [5, 5.41) is 0. The van der Waals surface area contributed by atoms with E-state index in [0.717, 1.165) is 61.2 Å². The minimum Gasteiger partial charge on any atom is -0.331 e. The number of quaternary nitrogens is 4. The Bertz CT molecular complexity index is 3500. The van der Waals surface area contributed by atoms with Gasteiger partial charge in [0.15, 0.2) is 0 Å². The van der Waals surface area contributed by atoms with E-state index in [1.165, 1.54) is 232 Å². The van der Waals surface area contributed by atoms with E-state index in [1.807, 2.05) is 22.7 Å². The van der Waals surface area contributed by atoms with E-state index in [-0.39, 0.29) is 10.8 Å². The monoisotopic (exact) mass is 1250 g/mol. The fourth-order valence-corrected chi connectivity index (χ4v) is 18.2. The van der Waals surface area contributed by atoms with E-state index in [1.54, 1.807) is 11.1 Å². The Labute approximate surface area is 545 Å². The number of nitrogens with zero attached hydrogens (tertiary/aromatic N) is 8. The van der Waals surface area contributed by atoms with E-state index in [0.29, 0.717) is 0 Å². The average Bonchev–Trinajstić information content (AvgIpc) is 1.62. The quantitative estimate of drug-likeness (QED) is 0.0312. The smallest absolute Gasteiger partial charge is 0.116 e. The maximum atomic E-state index is 5.12. The Morgan fingerprint density at radius 2 is 0.648 bits per heavy atom. The third kappa shape index (κ3) is 14.5. The van der Waals surface area contributed by atoms with E-state index >= 15 is 0 Å². The van der Waals surface area contributed by atoms with Crippen LogP contribution in [0.25, 0.3) is 75.0 Å². The van der Waals surface area contributed by atoms with Crippen LogP contribution >= 0.6 is 34.4 Å². The predicted molar refractivity (Wildman–Crippen MR) is 383 cm³/mol. The molecule has 466 valence electrons.